The second-order valence-electron chi connectivity index (χ2n) is 8.04. The van der Waals surface area contributed by atoms with Gasteiger partial charge in [0.1, 0.15) is 0 Å². The largest absolute Gasteiger partial charge is 0.394 e. The highest BCUT2D eigenvalue weighted by Crippen LogP contribution is 2.21. The molecule has 6 nitrogen and oxygen atoms in total. The van der Waals surface area contributed by atoms with Crippen LogP contribution < -0.4 is 5.32 Å². The van der Waals surface area contributed by atoms with Gasteiger partial charge in [-0.25, -0.2) is 0 Å². The number of hydrogen-bond acceptors (Lipinski definition) is 4. The van der Waals surface area contributed by atoms with Gasteiger partial charge in [-0.3, -0.25) is 9.59 Å². The molecule has 1 aliphatic rings. The molecule has 1 fully saturated rings. The summed E-state index contributed by atoms with van der Waals surface area (Å²) in [5.41, 5.74) is 1.83. The molecule has 0 aliphatic carbocycles. The molecule has 0 aromatic heterocycles. The number of benzene rings is 1. The van der Waals surface area contributed by atoms with Crippen molar-refractivity contribution in [3.05, 3.63) is 35.4 Å². The number of aliphatic hydroxyl groups is 2. The van der Waals surface area contributed by atoms with E-state index in [1.807, 2.05) is 24.3 Å². The third kappa shape index (κ3) is 8.55. The van der Waals surface area contributed by atoms with Gasteiger partial charge in [0.15, 0.2) is 0 Å². The molecule has 0 spiro atoms. The Morgan fingerprint density at radius 2 is 2.00 bits per heavy atom. The minimum Gasteiger partial charge on any atom is -0.394 e. The van der Waals surface area contributed by atoms with Gasteiger partial charge >= 0.3 is 0 Å². The first kappa shape index (κ1) is 23.7. The Kier molecular flexibility index (Phi) is 9.70. The molecule has 2 rings (SSSR count). The molecule has 28 heavy (non-hydrogen) atoms. The average Bonchev–Trinajstić information content (AvgIpc) is 3.07. The average molecular weight is 389 g/mol. The molecule has 1 heterocycles. The maximum Gasteiger partial charge on any atom is 0.223 e. The van der Waals surface area contributed by atoms with Crippen LogP contribution in [-0.2, 0) is 9.59 Å². The summed E-state index contributed by atoms with van der Waals surface area (Å²) in [7, 11) is 0. The van der Waals surface area contributed by atoms with Gasteiger partial charge < -0.3 is 20.4 Å². The molecule has 0 bridgehead atoms. The van der Waals surface area contributed by atoms with Crippen molar-refractivity contribution < 1.29 is 19.8 Å². The fraction of sp³-hybridized carbons (Fsp3) is 0.545. The smallest absolute Gasteiger partial charge is 0.223 e. The first-order valence-corrected chi connectivity index (χ1v) is 9.49. The summed E-state index contributed by atoms with van der Waals surface area (Å²) >= 11 is 0. The van der Waals surface area contributed by atoms with E-state index in [2.05, 4.69) is 37.9 Å². The number of β-amino-alcohol motifs (C(OH)–C–C–N with tert-alkyl or cyclic N) is 1. The minimum atomic E-state index is -0.342. The molecular weight excluding hydrogens is 356 g/mol. The summed E-state index contributed by atoms with van der Waals surface area (Å²) in [6.07, 6.45) is 1.58. The number of nitrogens with zero attached hydrogens (tertiary/aromatic N) is 1. The first-order valence-electron chi connectivity index (χ1n) is 9.49. The molecule has 1 aromatic rings. The lowest BCUT2D eigenvalue weighted by Gasteiger charge is -2.22. The van der Waals surface area contributed by atoms with E-state index in [1.165, 1.54) is 0 Å². The van der Waals surface area contributed by atoms with Crippen molar-refractivity contribution in [1.29, 1.82) is 0 Å². The molecule has 6 heteroatoms. The van der Waals surface area contributed by atoms with E-state index in [-0.39, 0.29) is 30.1 Å². The standard InChI is InChI=1S/C12H13NO2.C10H19NO2/c1-2-3-10-4-6-11(7-5-10)12(8-14)13-9-15;1-10(2,3)6-9(13)11-5-4-8(12)7-11/h4-7,9,12,14H,8H2,1H3,(H,13,15);8,12H,4-7H2,1-3H3. The monoisotopic (exact) mass is 388 g/mol. The van der Waals surface area contributed by atoms with Gasteiger partial charge in [0, 0.05) is 25.1 Å². The van der Waals surface area contributed by atoms with Crippen molar-refractivity contribution in [3.63, 3.8) is 0 Å². The number of aliphatic hydroxyl groups excluding tert-OH is 2. The van der Waals surface area contributed by atoms with E-state index in [1.54, 1.807) is 11.8 Å². The van der Waals surface area contributed by atoms with Gasteiger partial charge in [0.2, 0.25) is 12.3 Å². The lowest BCUT2D eigenvalue weighted by atomic mass is 9.92. The van der Waals surface area contributed by atoms with Crippen LogP contribution in [0.15, 0.2) is 24.3 Å². The Morgan fingerprint density at radius 1 is 1.36 bits per heavy atom. The van der Waals surface area contributed by atoms with Gasteiger partial charge in [-0.1, -0.05) is 38.8 Å². The zero-order chi connectivity index (χ0) is 21.2. The van der Waals surface area contributed by atoms with Crippen LogP contribution in [-0.4, -0.2) is 53.2 Å². The summed E-state index contributed by atoms with van der Waals surface area (Å²) < 4.78 is 0. The predicted octanol–water partition coefficient (Wildman–Crippen LogP) is 1.85. The Balaban J connectivity index is 0.000000283. The maximum atomic E-state index is 11.6. The van der Waals surface area contributed by atoms with Gasteiger partial charge in [0.05, 0.1) is 18.8 Å². The number of rotatable bonds is 5. The summed E-state index contributed by atoms with van der Waals surface area (Å²) in [6.45, 7) is 9.06. The third-order valence-electron chi connectivity index (χ3n) is 4.23. The Labute approximate surface area is 167 Å². The quantitative estimate of drug-likeness (QED) is 0.530. The van der Waals surface area contributed by atoms with Crippen LogP contribution in [0.5, 0.6) is 0 Å². The van der Waals surface area contributed by atoms with Gasteiger partial charge in [-0.2, -0.15) is 0 Å². The number of carbonyl (C=O) groups is 2. The van der Waals surface area contributed by atoms with Gasteiger partial charge in [-0.05, 0) is 36.5 Å². The maximum absolute atomic E-state index is 11.6. The number of nitrogens with one attached hydrogen (secondary N) is 1. The molecule has 3 N–H and O–H groups in total. The van der Waals surface area contributed by atoms with E-state index in [0.717, 1.165) is 24.1 Å². The second kappa shape index (κ2) is 11.5. The van der Waals surface area contributed by atoms with Gasteiger partial charge in [-0.15, -0.1) is 5.92 Å². The van der Waals surface area contributed by atoms with E-state index >= 15 is 0 Å². The minimum absolute atomic E-state index is 0.0463. The fourth-order valence-electron chi connectivity index (χ4n) is 2.81. The SMILES string of the molecule is CC#Cc1ccc(C(CO)NC=O)cc1.CC(C)(C)CC(=O)N1CCC(O)C1. The number of likely N-dealkylation sites (tertiary alicyclic amines) is 1. The van der Waals surface area contributed by atoms with Crippen molar-refractivity contribution in [2.75, 3.05) is 19.7 Å². The molecule has 1 aliphatic heterocycles. The van der Waals surface area contributed by atoms with E-state index < -0.39 is 0 Å². The van der Waals surface area contributed by atoms with Gasteiger partial charge in [0.25, 0.3) is 0 Å². The summed E-state index contributed by atoms with van der Waals surface area (Å²) in [6, 6.07) is 7.07. The Morgan fingerprint density at radius 3 is 2.43 bits per heavy atom. The molecule has 1 aromatic carbocycles. The van der Waals surface area contributed by atoms with Crippen LogP contribution in [0.25, 0.3) is 0 Å². The highest BCUT2D eigenvalue weighted by molar-refractivity contribution is 5.77. The Bertz CT molecular complexity index is 683. The summed E-state index contributed by atoms with van der Waals surface area (Å²) in [5, 5.41) is 20.8. The molecule has 2 amide bonds. The molecule has 1 saturated heterocycles. The fourth-order valence-corrected chi connectivity index (χ4v) is 2.81. The number of amides is 2. The third-order valence-corrected chi connectivity index (χ3v) is 4.23. The summed E-state index contributed by atoms with van der Waals surface area (Å²) in [4.78, 5) is 23.7. The van der Waals surface area contributed by atoms with Crippen LogP contribution >= 0.6 is 0 Å². The normalized spacial score (nSPS) is 16.9. The number of hydrogen-bond donors (Lipinski definition) is 3. The van der Waals surface area contributed by atoms with Crippen molar-refractivity contribution >= 4 is 12.3 Å². The Hall–Kier alpha value is -2.36. The molecule has 0 radical (unpaired) electrons. The molecule has 154 valence electrons. The topological polar surface area (TPSA) is 89.9 Å². The van der Waals surface area contributed by atoms with Crippen molar-refractivity contribution in [2.45, 2.75) is 52.7 Å². The first-order chi connectivity index (χ1) is 13.2. The molecule has 2 atom stereocenters. The second-order valence-corrected chi connectivity index (χ2v) is 8.04. The highest BCUT2D eigenvalue weighted by Gasteiger charge is 2.27. The van der Waals surface area contributed by atoms with Crippen molar-refractivity contribution in [2.24, 2.45) is 5.41 Å². The predicted molar refractivity (Wildman–Crippen MR) is 109 cm³/mol. The van der Waals surface area contributed by atoms with Crippen LogP contribution in [0.4, 0.5) is 0 Å². The molecule has 0 saturated carbocycles. The zero-order valence-electron chi connectivity index (χ0n) is 17.2. The van der Waals surface area contributed by atoms with Crippen LogP contribution in [0.3, 0.4) is 0 Å². The summed E-state index contributed by atoms with van der Waals surface area (Å²) in [5.74, 6) is 5.89. The molecule has 2 unspecified atom stereocenters. The van der Waals surface area contributed by atoms with E-state index in [9.17, 15) is 14.7 Å². The highest BCUT2D eigenvalue weighted by atomic mass is 16.3. The van der Waals surface area contributed by atoms with Crippen molar-refractivity contribution in [3.8, 4) is 11.8 Å². The lowest BCUT2D eigenvalue weighted by molar-refractivity contribution is -0.132. The van der Waals surface area contributed by atoms with Crippen LogP contribution in [0, 0.1) is 17.3 Å². The van der Waals surface area contributed by atoms with Crippen LogP contribution in [0.2, 0.25) is 0 Å². The van der Waals surface area contributed by atoms with Crippen molar-refractivity contribution in [1.82, 2.24) is 10.2 Å². The number of carbonyl (C=O) groups excluding carboxylic acids is 2. The lowest BCUT2D eigenvalue weighted by Crippen LogP contribution is -2.32. The van der Waals surface area contributed by atoms with E-state index in [0.29, 0.717) is 19.4 Å². The molecular formula is C22H32N2O4. The van der Waals surface area contributed by atoms with Crippen LogP contribution in [0.1, 0.15) is 57.7 Å². The zero-order valence-corrected chi connectivity index (χ0v) is 17.2. The van der Waals surface area contributed by atoms with E-state index in [4.69, 9.17) is 5.11 Å².